The predicted octanol–water partition coefficient (Wildman–Crippen LogP) is 2.49. The molecule has 0 aromatic rings. The smallest absolute Gasteiger partial charge is 0.407 e. The maximum atomic E-state index is 11.2. The van der Waals surface area contributed by atoms with Crippen molar-refractivity contribution in [2.45, 2.75) is 47.0 Å². The Labute approximate surface area is 109 Å². The molecule has 0 aliphatic rings. The highest BCUT2D eigenvalue weighted by Crippen LogP contribution is 2.12. The van der Waals surface area contributed by atoms with E-state index in [2.05, 4.69) is 5.32 Å². The van der Waals surface area contributed by atoms with Gasteiger partial charge < -0.3 is 14.8 Å². The van der Waals surface area contributed by atoms with Crippen LogP contribution in [0.2, 0.25) is 0 Å². The van der Waals surface area contributed by atoms with Crippen LogP contribution in [0.4, 0.5) is 4.79 Å². The van der Waals surface area contributed by atoms with E-state index in [1.807, 2.05) is 27.7 Å². The number of esters is 1. The SMILES string of the molecule is CCCCOC(=O)CCNC(=O)OCC(C)(C)C. The van der Waals surface area contributed by atoms with Crippen LogP contribution in [-0.4, -0.2) is 31.8 Å². The van der Waals surface area contributed by atoms with E-state index in [4.69, 9.17) is 9.47 Å². The van der Waals surface area contributed by atoms with Crippen molar-refractivity contribution in [3.8, 4) is 0 Å². The van der Waals surface area contributed by atoms with Gasteiger partial charge in [0.25, 0.3) is 0 Å². The summed E-state index contributed by atoms with van der Waals surface area (Å²) in [4.78, 5) is 22.4. The van der Waals surface area contributed by atoms with Crippen LogP contribution in [0.25, 0.3) is 0 Å². The molecule has 0 bridgehead atoms. The van der Waals surface area contributed by atoms with Crippen molar-refractivity contribution in [3.63, 3.8) is 0 Å². The lowest BCUT2D eigenvalue weighted by Crippen LogP contribution is -2.30. The van der Waals surface area contributed by atoms with Gasteiger partial charge in [-0.05, 0) is 11.8 Å². The lowest BCUT2D eigenvalue weighted by atomic mass is 9.99. The molecule has 5 heteroatoms. The Morgan fingerprint density at radius 3 is 2.39 bits per heavy atom. The Hall–Kier alpha value is -1.26. The van der Waals surface area contributed by atoms with Crippen LogP contribution in [0.1, 0.15) is 47.0 Å². The lowest BCUT2D eigenvalue weighted by Gasteiger charge is -2.17. The minimum absolute atomic E-state index is 0.0591. The number of hydrogen-bond acceptors (Lipinski definition) is 4. The van der Waals surface area contributed by atoms with E-state index < -0.39 is 6.09 Å². The third-order valence-corrected chi connectivity index (χ3v) is 2.00. The van der Waals surface area contributed by atoms with E-state index in [1.54, 1.807) is 0 Å². The summed E-state index contributed by atoms with van der Waals surface area (Å²) in [7, 11) is 0. The molecule has 0 aromatic heterocycles. The molecule has 0 saturated heterocycles. The molecule has 0 fully saturated rings. The zero-order valence-corrected chi connectivity index (χ0v) is 11.9. The van der Waals surface area contributed by atoms with E-state index in [1.165, 1.54) is 0 Å². The fourth-order valence-corrected chi connectivity index (χ4v) is 1.00. The monoisotopic (exact) mass is 259 g/mol. The summed E-state index contributed by atoms with van der Waals surface area (Å²) in [6.45, 7) is 9.00. The van der Waals surface area contributed by atoms with Gasteiger partial charge in [0.1, 0.15) is 0 Å². The second-order valence-electron chi connectivity index (χ2n) is 5.39. The highest BCUT2D eigenvalue weighted by Gasteiger charge is 2.13. The zero-order chi connectivity index (χ0) is 14.0. The topological polar surface area (TPSA) is 64.6 Å². The van der Waals surface area contributed by atoms with Gasteiger partial charge in [-0.3, -0.25) is 4.79 Å². The normalized spacial score (nSPS) is 10.9. The van der Waals surface area contributed by atoms with E-state index in [0.717, 1.165) is 12.8 Å². The van der Waals surface area contributed by atoms with Gasteiger partial charge in [0.15, 0.2) is 0 Å². The molecule has 0 aliphatic heterocycles. The van der Waals surface area contributed by atoms with Crippen LogP contribution >= 0.6 is 0 Å². The summed E-state index contributed by atoms with van der Waals surface area (Å²) in [5, 5.41) is 2.51. The van der Waals surface area contributed by atoms with Crippen molar-refractivity contribution in [2.24, 2.45) is 5.41 Å². The van der Waals surface area contributed by atoms with Gasteiger partial charge in [-0.2, -0.15) is 0 Å². The summed E-state index contributed by atoms with van der Waals surface area (Å²) in [5.41, 5.74) is -0.0591. The Kier molecular flexibility index (Phi) is 8.16. The summed E-state index contributed by atoms with van der Waals surface area (Å²) in [6.07, 6.45) is 1.54. The Bertz CT molecular complexity index is 258. The Balaban J connectivity index is 3.53. The van der Waals surface area contributed by atoms with Crippen LogP contribution in [0.5, 0.6) is 0 Å². The van der Waals surface area contributed by atoms with E-state index in [0.29, 0.717) is 13.2 Å². The number of nitrogens with one attached hydrogen (secondary N) is 1. The van der Waals surface area contributed by atoms with Crippen LogP contribution in [-0.2, 0) is 14.3 Å². The molecule has 1 amide bonds. The number of unbranched alkanes of at least 4 members (excludes halogenated alkanes) is 1. The molecule has 0 radical (unpaired) electrons. The number of ether oxygens (including phenoxy) is 2. The van der Waals surface area contributed by atoms with E-state index in [9.17, 15) is 9.59 Å². The van der Waals surface area contributed by atoms with Gasteiger partial charge in [-0.25, -0.2) is 4.79 Å². The molecule has 1 N–H and O–H groups in total. The Morgan fingerprint density at radius 1 is 1.17 bits per heavy atom. The van der Waals surface area contributed by atoms with Crippen molar-refractivity contribution < 1.29 is 19.1 Å². The molecule has 0 aliphatic carbocycles. The molecule has 0 unspecified atom stereocenters. The third kappa shape index (κ3) is 11.2. The summed E-state index contributed by atoms with van der Waals surface area (Å²) in [5.74, 6) is -0.292. The number of rotatable bonds is 7. The Morgan fingerprint density at radius 2 is 1.83 bits per heavy atom. The maximum absolute atomic E-state index is 11.2. The maximum Gasteiger partial charge on any atom is 0.407 e. The number of alkyl carbamates (subject to hydrolysis) is 1. The van der Waals surface area contributed by atoms with E-state index in [-0.39, 0.29) is 24.3 Å². The van der Waals surface area contributed by atoms with Crippen LogP contribution in [0.3, 0.4) is 0 Å². The lowest BCUT2D eigenvalue weighted by molar-refractivity contribution is -0.143. The second-order valence-corrected chi connectivity index (χ2v) is 5.39. The van der Waals surface area contributed by atoms with Crippen molar-refractivity contribution >= 4 is 12.1 Å². The molecule has 5 nitrogen and oxygen atoms in total. The largest absolute Gasteiger partial charge is 0.466 e. The van der Waals surface area contributed by atoms with Crippen LogP contribution in [0.15, 0.2) is 0 Å². The van der Waals surface area contributed by atoms with Gasteiger partial charge in [0, 0.05) is 6.54 Å². The summed E-state index contributed by atoms with van der Waals surface area (Å²) in [6, 6.07) is 0. The average molecular weight is 259 g/mol. The highest BCUT2D eigenvalue weighted by molar-refractivity contribution is 5.71. The quantitative estimate of drug-likeness (QED) is 0.563. The molecule has 0 saturated carbocycles. The first-order chi connectivity index (χ1) is 8.35. The predicted molar refractivity (Wildman–Crippen MR) is 69.3 cm³/mol. The number of amides is 1. The molecule has 0 spiro atoms. The first-order valence-corrected chi connectivity index (χ1v) is 6.41. The molecule has 18 heavy (non-hydrogen) atoms. The van der Waals surface area contributed by atoms with Gasteiger partial charge in [0.2, 0.25) is 0 Å². The second kappa shape index (κ2) is 8.78. The van der Waals surface area contributed by atoms with Gasteiger partial charge >= 0.3 is 12.1 Å². The number of hydrogen-bond donors (Lipinski definition) is 1. The minimum atomic E-state index is -0.494. The molecule has 0 aromatic carbocycles. The van der Waals surface area contributed by atoms with Crippen molar-refractivity contribution in [1.82, 2.24) is 5.32 Å². The van der Waals surface area contributed by atoms with Crippen molar-refractivity contribution in [1.29, 1.82) is 0 Å². The minimum Gasteiger partial charge on any atom is -0.466 e. The molecule has 0 heterocycles. The van der Waals surface area contributed by atoms with Crippen LogP contribution < -0.4 is 5.32 Å². The van der Waals surface area contributed by atoms with Gasteiger partial charge in [0.05, 0.1) is 19.6 Å². The standard InChI is InChI=1S/C13H25NO4/c1-5-6-9-17-11(15)7-8-14-12(16)18-10-13(2,3)4/h5-10H2,1-4H3,(H,14,16). The van der Waals surface area contributed by atoms with Gasteiger partial charge in [-0.15, -0.1) is 0 Å². The third-order valence-electron chi connectivity index (χ3n) is 2.00. The molecule has 0 rings (SSSR count). The average Bonchev–Trinajstić information content (AvgIpc) is 2.26. The molecule has 106 valence electrons. The highest BCUT2D eigenvalue weighted by atomic mass is 16.5. The first kappa shape index (κ1) is 16.7. The molecular formula is C13H25NO4. The van der Waals surface area contributed by atoms with Gasteiger partial charge in [-0.1, -0.05) is 34.1 Å². The fourth-order valence-electron chi connectivity index (χ4n) is 1.00. The number of carbonyl (C=O) groups excluding carboxylic acids is 2. The summed E-state index contributed by atoms with van der Waals surface area (Å²) < 4.78 is 9.93. The fraction of sp³-hybridized carbons (Fsp3) is 0.846. The molecular weight excluding hydrogens is 234 g/mol. The molecule has 0 atom stereocenters. The first-order valence-electron chi connectivity index (χ1n) is 6.41. The number of carbonyl (C=O) groups is 2. The van der Waals surface area contributed by atoms with E-state index >= 15 is 0 Å². The van der Waals surface area contributed by atoms with Crippen LogP contribution in [0, 0.1) is 5.41 Å². The van der Waals surface area contributed by atoms with Crippen molar-refractivity contribution in [2.75, 3.05) is 19.8 Å². The van der Waals surface area contributed by atoms with Crippen molar-refractivity contribution in [3.05, 3.63) is 0 Å². The zero-order valence-electron chi connectivity index (χ0n) is 11.9. The summed E-state index contributed by atoms with van der Waals surface area (Å²) >= 11 is 0.